The SMILES string of the molecule is CC(Oc1ccc(Cl)cc1)C(=O)Nc1ncc(Cc2ccccc2)s1. The molecule has 0 radical (unpaired) electrons. The van der Waals surface area contributed by atoms with Crippen molar-refractivity contribution in [1.82, 2.24) is 4.98 Å². The summed E-state index contributed by atoms with van der Waals surface area (Å²) in [5.74, 6) is 0.353. The number of rotatable bonds is 6. The first kappa shape index (κ1) is 17.5. The van der Waals surface area contributed by atoms with E-state index in [4.69, 9.17) is 16.3 Å². The van der Waals surface area contributed by atoms with Crippen LogP contribution in [0.2, 0.25) is 5.02 Å². The highest BCUT2D eigenvalue weighted by atomic mass is 35.5. The van der Waals surface area contributed by atoms with Gasteiger partial charge in [-0.3, -0.25) is 10.1 Å². The molecular formula is C19H17ClN2O2S. The van der Waals surface area contributed by atoms with Crippen molar-refractivity contribution in [1.29, 1.82) is 0 Å². The molecule has 0 aliphatic rings. The van der Waals surface area contributed by atoms with Crippen LogP contribution in [-0.2, 0) is 11.2 Å². The normalized spacial score (nSPS) is 11.8. The molecule has 0 saturated carbocycles. The second-order valence-corrected chi connectivity index (χ2v) is 7.05. The molecule has 1 heterocycles. The fourth-order valence-electron chi connectivity index (χ4n) is 2.22. The van der Waals surface area contributed by atoms with E-state index in [0.717, 1.165) is 11.3 Å². The molecule has 6 heteroatoms. The molecule has 1 aromatic heterocycles. The van der Waals surface area contributed by atoms with Crippen molar-refractivity contribution in [2.45, 2.75) is 19.4 Å². The van der Waals surface area contributed by atoms with E-state index in [1.54, 1.807) is 37.4 Å². The Balaban J connectivity index is 1.56. The number of amides is 1. The number of halogens is 1. The minimum Gasteiger partial charge on any atom is -0.481 e. The Bertz CT molecular complexity index is 834. The molecule has 1 atom stereocenters. The Hall–Kier alpha value is -2.37. The minimum atomic E-state index is -0.636. The zero-order valence-electron chi connectivity index (χ0n) is 13.6. The van der Waals surface area contributed by atoms with Gasteiger partial charge in [-0.15, -0.1) is 11.3 Å². The summed E-state index contributed by atoms with van der Waals surface area (Å²) in [6, 6.07) is 17.0. The Kier molecular flexibility index (Phi) is 5.68. The van der Waals surface area contributed by atoms with Crippen LogP contribution in [0.25, 0.3) is 0 Å². The van der Waals surface area contributed by atoms with E-state index in [9.17, 15) is 4.79 Å². The second-order valence-electron chi connectivity index (χ2n) is 5.50. The number of ether oxygens (including phenoxy) is 1. The lowest BCUT2D eigenvalue weighted by atomic mass is 10.1. The van der Waals surface area contributed by atoms with Gasteiger partial charge in [-0.25, -0.2) is 4.98 Å². The minimum absolute atomic E-state index is 0.240. The van der Waals surface area contributed by atoms with Gasteiger partial charge in [0.15, 0.2) is 11.2 Å². The van der Waals surface area contributed by atoms with Gasteiger partial charge in [-0.05, 0) is 36.8 Å². The summed E-state index contributed by atoms with van der Waals surface area (Å²) < 4.78 is 5.61. The highest BCUT2D eigenvalue weighted by Gasteiger charge is 2.16. The number of hydrogen-bond donors (Lipinski definition) is 1. The lowest BCUT2D eigenvalue weighted by Crippen LogP contribution is -2.30. The number of carbonyl (C=O) groups is 1. The summed E-state index contributed by atoms with van der Waals surface area (Å²) in [7, 11) is 0. The lowest BCUT2D eigenvalue weighted by Gasteiger charge is -2.13. The molecule has 0 aliphatic carbocycles. The van der Waals surface area contributed by atoms with E-state index in [1.165, 1.54) is 16.9 Å². The van der Waals surface area contributed by atoms with Crippen molar-refractivity contribution in [2.75, 3.05) is 5.32 Å². The van der Waals surface area contributed by atoms with Gasteiger partial charge in [0, 0.05) is 22.5 Å². The maximum Gasteiger partial charge on any atom is 0.266 e. The van der Waals surface area contributed by atoms with Crippen molar-refractivity contribution in [3.05, 3.63) is 76.3 Å². The lowest BCUT2D eigenvalue weighted by molar-refractivity contribution is -0.122. The van der Waals surface area contributed by atoms with E-state index < -0.39 is 6.10 Å². The molecule has 0 aliphatic heterocycles. The van der Waals surface area contributed by atoms with Crippen molar-refractivity contribution < 1.29 is 9.53 Å². The number of aromatic nitrogens is 1. The van der Waals surface area contributed by atoms with E-state index in [-0.39, 0.29) is 5.91 Å². The number of nitrogens with zero attached hydrogens (tertiary/aromatic N) is 1. The van der Waals surface area contributed by atoms with Gasteiger partial charge in [-0.2, -0.15) is 0 Å². The molecule has 2 aromatic carbocycles. The molecule has 25 heavy (non-hydrogen) atoms. The summed E-state index contributed by atoms with van der Waals surface area (Å²) in [4.78, 5) is 17.6. The molecule has 4 nitrogen and oxygen atoms in total. The number of carbonyl (C=O) groups excluding carboxylic acids is 1. The predicted molar refractivity (Wildman–Crippen MR) is 102 cm³/mol. The van der Waals surface area contributed by atoms with Gasteiger partial charge < -0.3 is 4.74 Å². The third kappa shape index (κ3) is 5.05. The molecule has 3 rings (SSSR count). The molecule has 128 valence electrons. The molecule has 3 aromatic rings. The summed E-state index contributed by atoms with van der Waals surface area (Å²) >= 11 is 7.30. The van der Waals surface area contributed by atoms with Crippen LogP contribution in [-0.4, -0.2) is 17.0 Å². The average Bonchev–Trinajstić information content (AvgIpc) is 3.04. The first-order valence-electron chi connectivity index (χ1n) is 7.82. The van der Waals surface area contributed by atoms with Crippen molar-refractivity contribution in [3.8, 4) is 5.75 Å². The largest absolute Gasteiger partial charge is 0.481 e. The first-order chi connectivity index (χ1) is 12.1. The van der Waals surface area contributed by atoms with Crippen LogP contribution in [0.5, 0.6) is 5.75 Å². The van der Waals surface area contributed by atoms with Gasteiger partial charge >= 0.3 is 0 Å². The molecule has 1 N–H and O–H groups in total. The van der Waals surface area contributed by atoms with Crippen LogP contribution in [0, 0.1) is 0 Å². The quantitative estimate of drug-likeness (QED) is 0.676. The third-order valence-electron chi connectivity index (χ3n) is 3.50. The van der Waals surface area contributed by atoms with E-state index >= 15 is 0 Å². The molecule has 0 bridgehead atoms. The van der Waals surface area contributed by atoms with Crippen LogP contribution in [0.15, 0.2) is 60.8 Å². The van der Waals surface area contributed by atoms with Crippen molar-refractivity contribution >= 4 is 34.0 Å². The van der Waals surface area contributed by atoms with Gasteiger partial charge in [0.05, 0.1) is 0 Å². The Morgan fingerprint density at radius 1 is 1.20 bits per heavy atom. The van der Waals surface area contributed by atoms with Crippen LogP contribution in [0.1, 0.15) is 17.4 Å². The first-order valence-corrected chi connectivity index (χ1v) is 9.01. The smallest absolute Gasteiger partial charge is 0.266 e. The Labute approximate surface area is 155 Å². The molecule has 1 unspecified atom stereocenters. The van der Waals surface area contributed by atoms with Gasteiger partial charge in [0.25, 0.3) is 5.91 Å². The van der Waals surface area contributed by atoms with Gasteiger partial charge in [0.1, 0.15) is 5.75 Å². The number of anilines is 1. The van der Waals surface area contributed by atoms with Crippen molar-refractivity contribution in [2.24, 2.45) is 0 Å². The van der Waals surface area contributed by atoms with E-state index in [2.05, 4.69) is 22.4 Å². The average molecular weight is 373 g/mol. The fourth-order valence-corrected chi connectivity index (χ4v) is 3.20. The number of hydrogen-bond acceptors (Lipinski definition) is 4. The van der Waals surface area contributed by atoms with E-state index in [1.807, 2.05) is 18.2 Å². The van der Waals surface area contributed by atoms with Crippen LogP contribution >= 0.6 is 22.9 Å². The third-order valence-corrected chi connectivity index (χ3v) is 4.67. The zero-order valence-corrected chi connectivity index (χ0v) is 15.2. The summed E-state index contributed by atoms with van der Waals surface area (Å²) in [5.41, 5.74) is 1.21. The van der Waals surface area contributed by atoms with Gasteiger partial charge in [0.2, 0.25) is 0 Å². The topological polar surface area (TPSA) is 51.2 Å². The Morgan fingerprint density at radius 3 is 2.64 bits per heavy atom. The standard InChI is InChI=1S/C19H17ClN2O2S/c1-13(24-16-9-7-15(20)8-10-16)18(23)22-19-21-12-17(25-19)11-14-5-3-2-4-6-14/h2-10,12-13H,11H2,1H3,(H,21,22,23). The number of benzene rings is 2. The highest BCUT2D eigenvalue weighted by Crippen LogP contribution is 2.22. The van der Waals surface area contributed by atoms with Crippen molar-refractivity contribution in [3.63, 3.8) is 0 Å². The van der Waals surface area contributed by atoms with Crippen LogP contribution < -0.4 is 10.1 Å². The molecule has 0 fully saturated rings. The van der Waals surface area contributed by atoms with Crippen LogP contribution in [0.4, 0.5) is 5.13 Å². The summed E-state index contributed by atoms with van der Waals surface area (Å²) in [5, 5.41) is 3.99. The maximum absolute atomic E-state index is 12.3. The fraction of sp³-hybridized carbons (Fsp3) is 0.158. The summed E-state index contributed by atoms with van der Waals surface area (Å²) in [6.45, 7) is 1.70. The molecule has 1 amide bonds. The monoisotopic (exact) mass is 372 g/mol. The highest BCUT2D eigenvalue weighted by molar-refractivity contribution is 7.15. The number of nitrogens with one attached hydrogen (secondary N) is 1. The Morgan fingerprint density at radius 2 is 1.92 bits per heavy atom. The van der Waals surface area contributed by atoms with Crippen LogP contribution in [0.3, 0.4) is 0 Å². The zero-order chi connectivity index (χ0) is 17.6. The molecule has 0 spiro atoms. The predicted octanol–water partition coefficient (Wildman–Crippen LogP) is 4.79. The molecule has 0 saturated heterocycles. The molecular weight excluding hydrogens is 356 g/mol. The van der Waals surface area contributed by atoms with E-state index in [0.29, 0.717) is 15.9 Å². The summed E-state index contributed by atoms with van der Waals surface area (Å²) in [6.07, 6.45) is 1.95. The van der Waals surface area contributed by atoms with Gasteiger partial charge in [-0.1, -0.05) is 41.9 Å². The second kappa shape index (κ2) is 8.14. The maximum atomic E-state index is 12.3. The number of thiazole rings is 1.